The highest BCUT2D eigenvalue weighted by atomic mass is 32.2. The van der Waals surface area contributed by atoms with Crippen LogP contribution in [0.4, 0.5) is 5.69 Å². The van der Waals surface area contributed by atoms with Gasteiger partial charge < -0.3 is 24.7 Å². The standard InChI is InChI=1S/C25H31N5O4S2/c1-5-30-23(21(14-15-35-4)27-24(32)17-6-10-19(33-2)11-7-17)28-29-25(30)36-16-22(31)26-18-8-12-20(34-3)13-9-18/h6-13,21H,5,14-16H2,1-4H3,(H,26,31)(H,27,32). The minimum absolute atomic E-state index is 0.149. The van der Waals surface area contributed by atoms with Gasteiger partial charge in [-0.05, 0) is 73.9 Å². The van der Waals surface area contributed by atoms with Gasteiger partial charge in [-0.3, -0.25) is 9.59 Å². The van der Waals surface area contributed by atoms with Crippen molar-refractivity contribution in [2.45, 2.75) is 31.1 Å². The van der Waals surface area contributed by atoms with Crippen molar-refractivity contribution in [3.63, 3.8) is 0 Å². The monoisotopic (exact) mass is 529 g/mol. The Balaban J connectivity index is 1.68. The molecule has 0 aliphatic rings. The number of hydrogen-bond donors (Lipinski definition) is 2. The van der Waals surface area contributed by atoms with Crippen LogP contribution < -0.4 is 20.1 Å². The van der Waals surface area contributed by atoms with Gasteiger partial charge in [0.25, 0.3) is 5.91 Å². The molecule has 1 atom stereocenters. The Morgan fingerprint density at radius 3 is 2.22 bits per heavy atom. The number of anilines is 1. The molecule has 0 aliphatic carbocycles. The molecule has 2 N–H and O–H groups in total. The van der Waals surface area contributed by atoms with Crippen LogP contribution >= 0.6 is 23.5 Å². The lowest BCUT2D eigenvalue weighted by molar-refractivity contribution is -0.113. The van der Waals surface area contributed by atoms with Crippen LogP contribution in [0, 0.1) is 0 Å². The van der Waals surface area contributed by atoms with Crippen LogP contribution in [-0.4, -0.2) is 58.6 Å². The van der Waals surface area contributed by atoms with Crippen LogP contribution in [0.3, 0.4) is 0 Å². The lowest BCUT2D eigenvalue weighted by atomic mass is 10.1. The summed E-state index contributed by atoms with van der Waals surface area (Å²) >= 11 is 3.01. The van der Waals surface area contributed by atoms with Crippen molar-refractivity contribution in [2.24, 2.45) is 0 Å². The Hall–Kier alpha value is -3.18. The van der Waals surface area contributed by atoms with E-state index < -0.39 is 0 Å². The summed E-state index contributed by atoms with van der Waals surface area (Å²) in [5.74, 6) is 2.77. The predicted octanol–water partition coefficient (Wildman–Crippen LogP) is 4.27. The summed E-state index contributed by atoms with van der Waals surface area (Å²) in [6, 6.07) is 13.8. The van der Waals surface area contributed by atoms with Crippen molar-refractivity contribution in [1.82, 2.24) is 20.1 Å². The molecule has 11 heteroatoms. The molecule has 0 spiro atoms. The highest BCUT2D eigenvalue weighted by molar-refractivity contribution is 7.99. The highest BCUT2D eigenvalue weighted by Crippen LogP contribution is 2.24. The Morgan fingerprint density at radius 1 is 1.00 bits per heavy atom. The Morgan fingerprint density at radius 2 is 1.64 bits per heavy atom. The first kappa shape index (κ1) is 27.4. The first-order valence-corrected chi connectivity index (χ1v) is 13.8. The van der Waals surface area contributed by atoms with Crippen LogP contribution in [0.15, 0.2) is 53.7 Å². The van der Waals surface area contributed by atoms with Crippen LogP contribution in [-0.2, 0) is 11.3 Å². The molecule has 3 rings (SSSR count). The molecule has 192 valence electrons. The predicted molar refractivity (Wildman–Crippen MR) is 144 cm³/mol. The number of nitrogens with one attached hydrogen (secondary N) is 2. The third-order valence-electron chi connectivity index (χ3n) is 5.35. The van der Waals surface area contributed by atoms with Crippen molar-refractivity contribution < 1.29 is 19.1 Å². The van der Waals surface area contributed by atoms with Gasteiger partial charge in [-0.2, -0.15) is 11.8 Å². The molecule has 2 amide bonds. The Labute approximate surface area is 219 Å². The van der Waals surface area contributed by atoms with E-state index in [0.29, 0.717) is 40.9 Å². The van der Waals surface area contributed by atoms with Crippen molar-refractivity contribution in [3.05, 3.63) is 59.9 Å². The SMILES string of the molecule is CCn1c(SCC(=O)Nc2ccc(OC)cc2)nnc1C(CCSC)NC(=O)c1ccc(OC)cc1. The second-order valence-electron chi connectivity index (χ2n) is 7.69. The summed E-state index contributed by atoms with van der Waals surface area (Å²) in [7, 11) is 3.18. The van der Waals surface area contributed by atoms with E-state index in [4.69, 9.17) is 9.47 Å². The maximum atomic E-state index is 12.9. The smallest absolute Gasteiger partial charge is 0.251 e. The minimum Gasteiger partial charge on any atom is -0.497 e. The van der Waals surface area contributed by atoms with Gasteiger partial charge in [-0.15, -0.1) is 10.2 Å². The number of benzene rings is 2. The lowest BCUT2D eigenvalue weighted by Gasteiger charge is -2.19. The number of thioether (sulfide) groups is 2. The third-order valence-corrected chi connectivity index (χ3v) is 6.96. The molecule has 3 aromatic rings. The maximum Gasteiger partial charge on any atom is 0.251 e. The number of methoxy groups -OCH3 is 2. The summed E-state index contributed by atoms with van der Waals surface area (Å²) < 4.78 is 12.3. The molecular weight excluding hydrogens is 498 g/mol. The van der Waals surface area contributed by atoms with Crippen LogP contribution in [0.25, 0.3) is 0 Å². The number of aromatic nitrogens is 3. The van der Waals surface area contributed by atoms with Crippen molar-refractivity contribution in [2.75, 3.05) is 37.3 Å². The molecule has 0 fully saturated rings. The second kappa shape index (κ2) is 13.8. The molecule has 36 heavy (non-hydrogen) atoms. The third kappa shape index (κ3) is 7.41. The van der Waals surface area contributed by atoms with Crippen molar-refractivity contribution in [1.29, 1.82) is 0 Å². The van der Waals surface area contributed by atoms with Gasteiger partial charge in [-0.1, -0.05) is 11.8 Å². The summed E-state index contributed by atoms with van der Waals surface area (Å²) in [4.78, 5) is 25.4. The van der Waals surface area contributed by atoms with Gasteiger partial charge in [0.1, 0.15) is 11.5 Å². The first-order chi connectivity index (χ1) is 17.5. The topological polar surface area (TPSA) is 107 Å². The average molecular weight is 530 g/mol. The average Bonchev–Trinajstić information content (AvgIpc) is 3.33. The van der Waals surface area contributed by atoms with Crippen LogP contribution in [0.5, 0.6) is 11.5 Å². The van der Waals surface area contributed by atoms with E-state index >= 15 is 0 Å². The quantitative estimate of drug-likeness (QED) is 0.316. The van der Waals surface area contributed by atoms with Gasteiger partial charge in [-0.25, -0.2) is 0 Å². The zero-order valence-electron chi connectivity index (χ0n) is 20.8. The van der Waals surface area contributed by atoms with Gasteiger partial charge in [0.15, 0.2) is 11.0 Å². The number of nitrogens with zero attached hydrogens (tertiary/aromatic N) is 3. The van der Waals surface area contributed by atoms with Crippen molar-refractivity contribution >= 4 is 41.0 Å². The van der Waals surface area contributed by atoms with E-state index in [-0.39, 0.29) is 23.6 Å². The highest BCUT2D eigenvalue weighted by Gasteiger charge is 2.23. The fourth-order valence-corrected chi connectivity index (χ4v) is 4.73. The Kier molecular flexibility index (Phi) is 10.5. The number of ether oxygens (including phenoxy) is 2. The molecule has 2 aromatic carbocycles. The molecule has 1 heterocycles. The largest absolute Gasteiger partial charge is 0.497 e. The first-order valence-electron chi connectivity index (χ1n) is 11.4. The number of carbonyl (C=O) groups is 2. The van der Waals surface area contributed by atoms with Gasteiger partial charge >= 0.3 is 0 Å². The lowest BCUT2D eigenvalue weighted by Crippen LogP contribution is -2.31. The van der Waals surface area contributed by atoms with Gasteiger partial charge in [0, 0.05) is 17.8 Å². The zero-order valence-corrected chi connectivity index (χ0v) is 22.4. The second-order valence-corrected chi connectivity index (χ2v) is 9.61. The van der Waals surface area contributed by atoms with Gasteiger partial charge in [0.05, 0.1) is 26.0 Å². The molecule has 0 bridgehead atoms. The number of rotatable bonds is 13. The van der Waals surface area contributed by atoms with Crippen LogP contribution in [0.1, 0.15) is 35.6 Å². The fourth-order valence-electron chi connectivity index (χ4n) is 3.45. The molecule has 9 nitrogen and oxygen atoms in total. The maximum absolute atomic E-state index is 12.9. The van der Waals surface area contributed by atoms with Crippen LogP contribution in [0.2, 0.25) is 0 Å². The minimum atomic E-state index is -0.318. The number of hydrogen-bond acceptors (Lipinski definition) is 8. The molecule has 0 saturated carbocycles. The molecule has 0 radical (unpaired) electrons. The number of amides is 2. The fraction of sp³-hybridized carbons (Fsp3) is 0.360. The molecular formula is C25H31N5O4S2. The molecule has 1 aromatic heterocycles. The Bertz CT molecular complexity index is 1140. The van der Waals surface area contributed by atoms with E-state index in [0.717, 1.165) is 11.5 Å². The zero-order chi connectivity index (χ0) is 25.9. The van der Waals surface area contributed by atoms with E-state index in [1.807, 2.05) is 17.7 Å². The van der Waals surface area contributed by atoms with E-state index in [9.17, 15) is 9.59 Å². The molecule has 0 aliphatic heterocycles. The molecule has 1 unspecified atom stereocenters. The van der Waals surface area contributed by atoms with E-state index in [1.165, 1.54) is 11.8 Å². The summed E-state index contributed by atoms with van der Waals surface area (Å²) in [6.07, 6.45) is 2.72. The number of carbonyl (C=O) groups excluding carboxylic acids is 2. The summed E-state index contributed by atoms with van der Waals surface area (Å²) in [5.41, 5.74) is 1.23. The molecule has 0 saturated heterocycles. The summed E-state index contributed by atoms with van der Waals surface area (Å²) in [5, 5.41) is 15.3. The van der Waals surface area contributed by atoms with E-state index in [1.54, 1.807) is 74.5 Å². The van der Waals surface area contributed by atoms with Gasteiger partial charge in [0.2, 0.25) is 5.91 Å². The normalized spacial score (nSPS) is 11.6. The summed E-state index contributed by atoms with van der Waals surface area (Å²) in [6.45, 7) is 2.60. The van der Waals surface area contributed by atoms with E-state index in [2.05, 4.69) is 20.8 Å². The van der Waals surface area contributed by atoms with Crippen molar-refractivity contribution in [3.8, 4) is 11.5 Å².